The number of aliphatic carboxylic acids is 1. The summed E-state index contributed by atoms with van der Waals surface area (Å²) in [5, 5.41) is 48.1. The number of hydrogen-bond acceptors (Lipinski definition) is 11. The Morgan fingerprint density at radius 3 is 1.72 bits per heavy atom. The third kappa shape index (κ3) is 12.5. The second-order valence-corrected chi connectivity index (χ2v) is 11.7. The molecular formula is C33H44N8O9. The minimum Gasteiger partial charge on any atom is -0.508 e. The first-order chi connectivity index (χ1) is 23.9. The number of carbonyl (C=O) groups is 5. The zero-order chi connectivity index (χ0) is 36.6. The average Bonchev–Trinajstić information content (AvgIpc) is 3.61. The molecule has 0 saturated heterocycles. The van der Waals surface area contributed by atoms with Crippen LogP contribution in [-0.2, 0) is 43.2 Å². The van der Waals surface area contributed by atoms with Gasteiger partial charge in [0, 0.05) is 24.7 Å². The number of carboxylic acid groups (broad SMARTS) is 1. The van der Waals surface area contributed by atoms with E-state index in [0.29, 0.717) is 36.2 Å². The van der Waals surface area contributed by atoms with E-state index in [1.807, 2.05) is 0 Å². The van der Waals surface area contributed by atoms with Crippen LogP contribution in [0.2, 0.25) is 0 Å². The van der Waals surface area contributed by atoms with E-state index in [1.54, 1.807) is 24.3 Å². The van der Waals surface area contributed by atoms with Crippen molar-refractivity contribution >= 4 is 29.6 Å². The Morgan fingerprint density at radius 2 is 1.20 bits per heavy atom. The van der Waals surface area contributed by atoms with E-state index in [1.165, 1.54) is 36.8 Å². The third-order valence-electron chi connectivity index (χ3n) is 7.73. The van der Waals surface area contributed by atoms with Crippen molar-refractivity contribution in [2.24, 2.45) is 11.5 Å². The molecule has 3 rings (SSSR count). The van der Waals surface area contributed by atoms with Gasteiger partial charge >= 0.3 is 5.97 Å². The summed E-state index contributed by atoms with van der Waals surface area (Å²) in [7, 11) is 0. The molecule has 1 aromatic heterocycles. The van der Waals surface area contributed by atoms with Crippen LogP contribution in [0.1, 0.15) is 36.1 Å². The van der Waals surface area contributed by atoms with Crippen molar-refractivity contribution in [3.63, 3.8) is 0 Å². The number of aliphatic hydroxyl groups excluding tert-OH is 1. The number of rotatable bonds is 20. The second kappa shape index (κ2) is 19.5. The Bertz CT molecular complexity index is 1550. The van der Waals surface area contributed by atoms with Crippen LogP contribution >= 0.6 is 0 Å². The van der Waals surface area contributed by atoms with E-state index < -0.39 is 66.4 Å². The van der Waals surface area contributed by atoms with Gasteiger partial charge in [-0.3, -0.25) is 19.2 Å². The predicted molar refractivity (Wildman–Crippen MR) is 179 cm³/mol. The number of nitrogens with zero attached hydrogens (tertiary/aromatic N) is 1. The van der Waals surface area contributed by atoms with Gasteiger partial charge in [0.1, 0.15) is 35.7 Å². The molecule has 17 nitrogen and oxygen atoms in total. The molecule has 4 amide bonds. The Hall–Kier alpha value is -5.52. The number of nitrogens with one attached hydrogen (secondary N) is 5. The smallest absolute Gasteiger partial charge is 0.328 e. The van der Waals surface area contributed by atoms with E-state index in [4.69, 9.17) is 11.5 Å². The van der Waals surface area contributed by atoms with Crippen LogP contribution < -0.4 is 32.7 Å². The maximum atomic E-state index is 13.9. The van der Waals surface area contributed by atoms with Gasteiger partial charge in [0.15, 0.2) is 0 Å². The summed E-state index contributed by atoms with van der Waals surface area (Å²) in [6, 6.07) is 5.58. The molecule has 2 aromatic carbocycles. The van der Waals surface area contributed by atoms with Crippen molar-refractivity contribution < 1.29 is 44.4 Å². The number of amides is 4. The fourth-order valence-electron chi connectivity index (χ4n) is 4.92. The first-order valence-corrected chi connectivity index (χ1v) is 15.9. The van der Waals surface area contributed by atoms with Gasteiger partial charge in [-0.25, -0.2) is 9.78 Å². The van der Waals surface area contributed by atoms with Gasteiger partial charge < -0.3 is 58.1 Å². The van der Waals surface area contributed by atoms with Crippen LogP contribution in [0.15, 0.2) is 61.1 Å². The summed E-state index contributed by atoms with van der Waals surface area (Å²) < 4.78 is 0. The molecule has 0 aliphatic rings. The maximum absolute atomic E-state index is 13.9. The van der Waals surface area contributed by atoms with Crippen LogP contribution in [0.5, 0.6) is 11.5 Å². The number of aromatic hydroxyl groups is 2. The molecule has 0 aliphatic carbocycles. The molecule has 3 aromatic rings. The van der Waals surface area contributed by atoms with Crippen molar-refractivity contribution in [2.45, 2.75) is 68.7 Å². The fourth-order valence-corrected chi connectivity index (χ4v) is 4.92. The van der Waals surface area contributed by atoms with Crippen molar-refractivity contribution in [1.82, 2.24) is 31.2 Å². The first-order valence-electron chi connectivity index (χ1n) is 15.9. The number of aliphatic hydroxyl groups is 1. The summed E-state index contributed by atoms with van der Waals surface area (Å²) in [5.41, 5.74) is 13.4. The quantitative estimate of drug-likeness (QED) is 0.0591. The highest BCUT2D eigenvalue weighted by atomic mass is 16.4. The van der Waals surface area contributed by atoms with Crippen molar-refractivity contribution in [1.29, 1.82) is 0 Å². The molecule has 13 N–H and O–H groups in total. The molecular weight excluding hydrogens is 652 g/mol. The second-order valence-electron chi connectivity index (χ2n) is 11.7. The van der Waals surface area contributed by atoms with Crippen molar-refractivity contribution in [3.8, 4) is 11.5 Å². The van der Waals surface area contributed by atoms with Gasteiger partial charge in [0.25, 0.3) is 0 Å². The molecule has 17 heteroatoms. The molecule has 0 aliphatic heterocycles. The summed E-state index contributed by atoms with van der Waals surface area (Å²) in [6.45, 7) is -0.572. The van der Waals surface area contributed by atoms with E-state index in [0.717, 1.165) is 0 Å². The maximum Gasteiger partial charge on any atom is 0.328 e. The van der Waals surface area contributed by atoms with Gasteiger partial charge in [-0.05, 0) is 67.6 Å². The van der Waals surface area contributed by atoms with E-state index in [9.17, 15) is 44.4 Å². The van der Waals surface area contributed by atoms with Gasteiger partial charge in [-0.1, -0.05) is 24.3 Å². The highest BCUT2D eigenvalue weighted by Crippen LogP contribution is 2.14. The monoisotopic (exact) mass is 696 g/mol. The molecule has 0 bridgehead atoms. The van der Waals surface area contributed by atoms with Crippen molar-refractivity contribution in [2.75, 3.05) is 13.2 Å². The van der Waals surface area contributed by atoms with Gasteiger partial charge in [-0.15, -0.1) is 0 Å². The van der Waals surface area contributed by atoms with E-state index in [-0.39, 0.29) is 37.2 Å². The number of carbonyl (C=O) groups excluding carboxylic acids is 4. The number of imidazole rings is 1. The van der Waals surface area contributed by atoms with Crippen LogP contribution in [0.3, 0.4) is 0 Å². The highest BCUT2D eigenvalue weighted by molar-refractivity contribution is 5.95. The van der Waals surface area contributed by atoms with Crippen LogP contribution in [0.4, 0.5) is 0 Å². The van der Waals surface area contributed by atoms with Gasteiger partial charge in [0.2, 0.25) is 23.6 Å². The lowest BCUT2D eigenvalue weighted by Gasteiger charge is -2.26. The Labute approximate surface area is 287 Å². The minimum atomic E-state index is -1.61. The zero-order valence-corrected chi connectivity index (χ0v) is 27.2. The lowest BCUT2D eigenvalue weighted by atomic mass is 10.0. The molecule has 5 atom stereocenters. The van der Waals surface area contributed by atoms with Crippen molar-refractivity contribution in [3.05, 3.63) is 77.9 Å². The molecule has 0 saturated carbocycles. The van der Waals surface area contributed by atoms with E-state index in [2.05, 4.69) is 31.2 Å². The van der Waals surface area contributed by atoms with E-state index >= 15 is 0 Å². The summed E-state index contributed by atoms with van der Waals surface area (Å²) in [6.07, 6.45) is 3.73. The third-order valence-corrected chi connectivity index (χ3v) is 7.73. The number of H-pyrrole nitrogens is 1. The zero-order valence-electron chi connectivity index (χ0n) is 27.2. The molecule has 0 fully saturated rings. The average molecular weight is 697 g/mol. The first kappa shape index (κ1) is 38.9. The van der Waals surface area contributed by atoms with Crippen LogP contribution in [0, 0.1) is 0 Å². The highest BCUT2D eigenvalue weighted by Gasteiger charge is 2.32. The molecule has 0 radical (unpaired) electrons. The fraction of sp³-hybridized carbons (Fsp3) is 0.394. The number of unbranched alkanes of at least 4 members (excludes halogenated alkanes) is 1. The lowest BCUT2D eigenvalue weighted by Crippen LogP contribution is -2.59. The number of benzene rings is 2. The lowest BCUT2D eigenvalue weighted by molar-refractivity contribution is -0.143. The number of aromatic amines is 1. The SMILES string of the molecule is NCCCC[C@H](NC(=O)[C@H](Cc1cnc[nH]1)NC(=O)[C@H](Cc1ccc(O)cc1)NC(=O)[C@@H](N)Cc1ccc(O)cc1)C(=O)N[C@@H](CO)C(=O)O. The number of phenols is 2. The molecule has 270 valence electrons. The van der Waals surface area contributed by atoms with Gasteiger partial charge in [0.05, 0.1) is 19.0 Å². The number of hydrogen-bond donors (Lipinski definition) is 11. The van der Waals surface area contributed by atoms with Crippen LogP contribution in [-0.4, -0.2) is 103 Å². The Kier molecular flexibility index (Phi) is 15.2. The summed E-state index contributed by atoms with van der Waals surface area (Å²) in [5.74, 6) is -4.52. The predicted octanol–water partition coefficient (Wildman–Crippen LogP) is -1.68. The van der Waals surface area contributed by atoms with Crippen LogP contribution in [0.25, 0.3) is 0 Å². The molecule has 1 heterocycles. The largest absolute Gasteiger partial charge is 0.508 e. The number of aromatic nitrogens is 2. The molecule has 0 spiro atoms. The normalized spacial score (nSPS) is 14.0. The number of carboxylic acids is 1. The summed E-state index contributed by atoms with van der Waals surface area (Å²) >= 11 is 0. The van der Waals surface area contributed by atoms with Gasteiger partial charge in [-0.2, -0.15) is 0 Å². The summed E-state index contributed by atoms with van der Waals surface area (Å²) in [4.78, 5) is 72.1. The molecule has 0 unspecified atom stereocenters. The Morgan fingerprint density at radius 1 is 0.700 bits per heavy atom. The standard InChI is InChI=1S/C33H44N8O9/c34-12-2-1-3-25(30(46)41-28(17-42)33(49)50)38-32(48)27(15-21-16-36-18-37-21)40-31(47)26(14-20-6-10-23(44)11-7-20)39-29(45)24(35)13-19-4-8-22(43)9-5-19/h4-11,16,18,24-28,42-44H,1-3,12-15,17,34-35H2,(H,36,37)(H,38,48)(H,39,45)(H,40,47)(H,41,46)(H,49,50)/t24-,25-,26-,27-,28-/m0/s1. The molecule has 50 heavy (non-hydrogen) atoms. The number of nitrogens with two attached hydrogens (primary N) is 2. The Balaban J connectivity index is 1.84. The number of phenolic OH excluding ortho intramolecular Hbond substituents is 2. The minimum absolute atomic E-state index is 0.00952. The topological polar surface area (TPSA) is 295 Å².